The Morgan fingerprint density at radius 2 is 1.55 bits per heavy atom. The van der Waals surface area contributed by atoms with Crippen molar-refractivity contribution in [3.8, 4) is 5.75 Å². The molecule has 0 saturated heterocycles. The van der Waals surface area contributed by atoms with E-state index in [1.54, 1.807) is 5.82 Å². The van der Waals surface area contributed by atoms with Crippen molar-refractivity contribution in [2.75, 3.05) is 0 Å². The lowest BCUT2D eigenvalue weighted by molar-refractivity contribution is 0.452. The molecule has 6 heteroatoms. The van der Waals surface area contributed by atoms with E-state index in [9.17, 15) is 4.57 Å². The van der Waals surface area contributed by atoms with Crippen molar-refractivity contribution in [1.82, 2.24) is 5.09 Å². The molecule has 0 amide bonds. The van der Waals surface area contributed by atoms with Crippen molar-refractivity contribution < 1.29 is 9.09 Å². The van der Waals surface area contributed by atoms with Gasteiger partial charge in [-0.1, -0.05) is 76.9 Å². The molecule has 1 aliphatic rings. The average Bonchev–Trinajstić information content (AvgIpc) is 2.58. The van der Waals surface area contributed by atoms with Crippen LogP contribution in [0.3, 0.4) is 0 Å². The molecule has 0 unspecified atom stereocenters. The van der Waals surface area contributed by atoms with Gasteiger partial charge in [-0.2, -0.15) is 0 Å². The maximum atomic E-state index is 13.9. The van der Waals surface area contributed by atoms with Crippen molar-refractivity contribution >= 4 is 36.3 Å². The number of hydrogen-bond acceptors (Lipinski definition) is 2. The maximum absolute atomic E-state index is 13.9. The van der Waals surface area contributed by atoms with Crippen LogP contribution >= 0.6 is 30.7 Å². The van der Waals surface area contributed by atoms with Gasteiger partial charge in [0.25, 0.3) is 0 Å². The van der Waals surface area contributed by atoms with Crippen LogP contribution < -0.4 is 9.61 Å². The van der Waals surface area contributed by atoms with Gasteiger partial charge in [-0.3, -0.25) is 4.57 Å². The Morgan fingerprint density at radius 3 is 2.03 bits per heavy atom. The monoisotopic (exact) mass is 479 g/mol. The lowest BCUT2D eigenvalue weighted by Gasteiger charge is -2.36. The number of rotatable bonds is 3. The molecule has 0 aromatic heterocycles. The predicted molar refractivity (Wildman–Crippen MR) is 134 cm³/mol. The number of halogens is 2. The third-order valence-corrected chi connectivity index (χ3v) is 7.66. The van der Waals surface area contributed by atoms with Gasteiger partial charge in [0.2, 0.25) is 0 Å². The molecule has 2 aromatic carbocycles. The molecule has 1 heterocycles. The molecular weight excluding hydrogens is 448 g/mol. The molecule has 0 spiro atoms. The van der Waals surface area contributed by atoms with Gasteiger partial charge < -0.3 is 4.52 Å². The standard InChI is InChI=1S/C25H32Cl2NO2P/c1-15(2)28-31(29)14-18(16-9-11-17(26)12-10-16)21-22(25(6,7)8)20(27)13-19(23(21)30-31)24(3,4)5/h9-15H,1-8H3,(H,28,29)/t31-/m1/s1. The normalized spacial score (nSPS) is 19.1. The minimum atomic E-state index is -3.31. The fourth-order valence-electron chi connectivity index (χ4n) is 3.94. The summed E-state index contributed by atoms with van der Waals surface area (Å²) in [5, 5.41) is 4.50. The van der Waals surface area contributed by atoms with Crippen LogP contribution in [-0.4, -0.2) is 6.04 Å². The quantitative estimate of drug-likeness (QED) is 0.447. The van der Waals surface area contributed by atoms with Gasteiger partial charge in [-0.25, -0.2) is 5.09 Å². The molecular formula is C25H32Cl2NO2P. The molecule has 0 radical (unpaired) electrons. The number of benzene rings is 2. The Labute approximate surface area is 196 Å². The highest BCUT2D eigenvalue weighted by Gasteiger charge is 2.39. The van der Waals surface area contributed by atoms with Crippen LogP contribution in [0.1, 0.15) is 77.6 Å². The largest absolute Gasteiger partial charge is 0.429 e. The fourth-order valence-corrected chi connectivity index (χ4v) is 6.53. The van der Waals surface area contributed by atoms with E-state index < -0.39 is 7.52 Å². The van der Waals surface area contributed by atoms with Crippen LogP contribution in [-0.2, 0) is 15.4 Å². The van der Waals surface area contributed by atoms with Gasteiger partial charge in [0, 0.05) is 38.6 Å². The molecule has 3 rings (SSSR count). The Morgan fingerprint density at radius 1 is 0.968 bits per heavy atom. The van der Waals surface area contributed by atoms with Crippen LogP contribution in [0, 0.1) is 0 Å². The Bertz CT molecular complexity index is 1070. The zero-order chi connectivity index (χ0) is 23.4. The number of fused-ring (bicyclic) bond motifs is 1. The molecule has 0 aliphatic carbocycles. The first-order valence-electron chi connectivity index (χ1n) is 10.6. The molecule has 1 atom stereocenters. The summed E-state index contributed by atoms with van der Waals surface area (Å²) in [7, 11) is -3.31. The summed E-state index contributed by atoms with van der Waals surface area (Å²) < 4.78 is 20.3. The lowest BCUT2D eigenvalue weighted by atomic mass is 9.76. The first kappa shape index (κ1) is 24.4. The van der Waals surface area contributed by atoms with E-state index in [0.717, 1.165) is 27.8 Å². The maximum Gasteiger partial charge on any atom is 0.340 e. The van der Waals surface area contributed by atoms with E-state index in [1.165, 1.54) is 0 Å². The van der Waals surface area contributed by atoms with Crippen LogP contribution in [0.15, 0.2) is 36.1 Å². The van der Waals surface area contributed by atoms with E-state index in [2.05, 4.69) is 46.6 Å². The van der Waals surface area contributed by atoms with Gasteiger partial charge in [-0.05, 0) is 54.0 Å². The van der Waals surface area contributed by atoms with E-state index in [-0.39, 0.29) is 16.9 Å². The Hall–Kier alpha value is -1.25. The van der Waals surface area contributed by atoms with Crippen LogP contribution in [0.25, 0.3) is 5.57 Å². The highest BCUT2D eigenvalue weighted by molar-refractivity contribution is 7.61. The van der Waals surface area contributed by atoms with Gasteiger partial charge in [-0.15, -0.1) is 0 Å². The SMILES string of the molecule is CC(C)N[P@@]1(=O)C=C(c2ccc(Cl)cc2)c2c(c(C(C)(C)C)cc(Cl)c2C(C)(C)C)O1. The van der Waals surface area contributed by atoms with E-state index in [0.29, 0.717) is 15.8 Å². The van der Waals surface area contributed by atoms with Crippen molar-refractivity contribution in [2.45, 2.75) is 72.3 Å². The summed E-state index contributed by atoms with van der Waals surface area (Å²) in [6.07, 6.45) is 0. The van der Waals surface area contributed by atoms with Crippen LogP contribution in [0.2, 0.25) is 10.0 Å². The van der Waals surface area contributed by atoms with Crippen LogP contribution in [0.5, 0.6) is 5.75 Å². The zero-order valence-electron chi connectivity index (χ0n) is 19.6. The summed E-state index contributed by atoms with van der Waals surface area (Å²) in [5.74, 6) is 2.39. The third-order valence-electron chi connectivity index (χ3n) is 5.18. The first-order chi connectivity index (χ1) is 14.1. The summed E-state index contributed by atoms with van der Waals surface area (Å²) >= 11 is 13.1. The van der Waals surface area contributed by atoms with Gasteiger partial charge in [0.05, 0.1) is 0 Å². The van der Waals surface area contributed by atoms with E-state index in [4.69, 9.17) is 27.7 Å². The second kappa shape index (κ2) is 8.27. The topological polar surface area (TPSA) is 38.3 Å². The molecule has 1 N–H and O–H groups in total. The van der Waals surface area contributed by atoms with E-state index in [1.807, 2.05) is 44.2 Å². The minimum Gasteiger partial charge on any atom is -0.429 e. The van der Waals surface area contributed by atoms with Crippen LogP contribution in [0.4, 0.5) is 0 Å². The summed E-state index contributed by atoms with van der Waals surface area (Å²) in [6.45, 7) is 16.6. The number of nitrogens with one attached hydrogen (secondary N) is 1. The molecule has 0 bridgehead atoms. The lowest BCUT2D eigenvalue weighted by Crippen LogP contribution is -2.26. The van der Waals surface area contributed by atoms with E-state index >= 15 is 0 Å². The first-order valence-corrected chi connectivity index (χ1v) is 13.0. The Kier molecular flexibility index (Phi) is 6.51. The molecule has 168 valence electrons. The molecule has 1 aliphatic heterocycles. The highest BCUT2D eigenvalue weighted by atomic mass is 35.5. The second-order valence-electron chi connectivity index (χ2n) is 10.5. The average molecular weight is 480 g/mol. The predicted octanol–water partition coefficient (Wildman–Crippen LogP) is 8.56. The van der Waals surface area contributed by atoms with Crippen molar-refractivity contribution in [3.05, 3.63) is 68.4 Å². The molecule has 0 saturated carbocycles. The molecule has 31 heavy (non-hydrogen) atoms. The molecule has 2 aromatic rings. The van der Waals surface area contributed by atoms with Crippen molar-refractivity contribution in [2.24, 2.45) is 0 Å². The summed E-state index contributed by atoms with van der Waals surface area (Å²) in [6, 6.07) is 9.56. The third kappa shape index (κ3) is 5.06. The Balaban J connectivity index is 2.47. The molecule has 0 fully saturated rings. The van der Waals surface area contributed by atoms with Gasteiger partial charge >= 0.3 is 7.52 Å². The highest BCUT2D eigenvalue weighted by Crippen LogP contribution is 2.59. The zero-order valence-corrected chi connectivity index (χ0v) is 22.0. The summed E-state index contributed by atoms with van der Waals surface area (Å²) in [4.78, 5) is 0. The second-order valence-corrected chi connectivity index (χ2v) is 13.2. The van der Waals surface area contributed by atoms with Gasteiger partial charge in [0.15, 0.2) is 0 Å². The minimum absolute atomic E-state index is 0.0115. The smallest absolute Gasteiger partial charge is 0.340 e. The van der Waals surface area contributed by atoms with Crippen molar-refractivity contribution in [3.63, 3.8) is 0 Å². The van der Waals surface area contributed by atoms with Gasteiger partial charge in [0.1, 0.15) is 5.75 Å². The number of hydrogen-bond donors (Lipinski definition) is 1. The summed E-state index contributed by atoms with van der Waals surface area (Å²) in [5.41, 5.74) is 4.10. The fraction of sp³-hybridized carbons (Fsp3) is 0.440. The molecule has 3 nitrogen and oxygen atoms in total. The van der Waals surface area contributed by atoms with Crippen molar-refractivity contribution in [1.29, 1.82) is 0 Å².